The molecule has 0 spiro atoms. The van der Waals surface area contributed by atoms with E-state index in [1.165, 1.54) is 0 Å². The molecule has 0 aliphatic carbocycles. The Morgan fingerprint density at radius 3 is 1.12 bits per heavy atom. The largest absolute Gasteiger partial charge is 0.497 e. The van der Waals surface area contributed by atoms with Gasteiger partial charge in [0.15, 0.2) is 0 Å². The minimum atomic E-state index is 0.790. The van der Waals surface area contributed by atoms with Gasteiger partial charge in [-0.25, -0.2) is 9.98 Å². The molecule has 4 heteroatoms. The number of ether oxygens (including phenoxy) is 2. The Hall–Kier alpha value is -4.18. The first-order valence-electron chi connectivity index (χ1n) is 10.3. The quantitative estimate of drug-likeness (QED) is 0.314. The average molecular weight is 421 g/mol. The summed E-state index contributed by atoms with van der Waals surface area (Å²) in [5, 5.41) is 0. The molecule has 0 fully saturated rings. The molecular weight excluding hydrogens is 396 g/mol. The van der Waals surface area contributed by atoms with Crippen molar-refractivity contribution in [2.24, 2.45) is 9.98 Å². The van der Waals surface area contributed by atoms with Crippen molar-refractivity contribution in [1.29, 1.82) is 0 Å². The van der Waals surface area contributed by atoms with Crippen LogP contribution in [0, 0.1) is 0 Å². The van der Waals surface area contributed by atoms with E-state index in [0.717, 1.165) is 45.4 Å². The lowest BCUT2D eigenvalue weighted by Gasteiger charge is -2.12. The molecular formula is C28H24N2O2. The average Bonchev–Trinajstić information content (AvgIpc) is 2.88. The van der Waals surface area contributed by atoms with Crippen molar-refractivity contribution in [1.82, 2.24) is 0 Å². The van der Waals surface area contributed by atoms with Crippen molar-refractivity contribution in [3.63, 3.8) is 0 Å². The first-order valence-corrected chi connectivity index (χ1v) is 10.3. The second-order valence-electron chi connectivity index (χ2n) is 7.05. The second-order valence-corrected chi connectivity index (χ2v) is 7.05. The lowest BCUT2D eigenvalue weighted by molar-refractivity contribution is 0.415. The number of rotatable bonds is 7. The molecule has 0 aliphatic heterocycles. The van der Waals surface area contributed by atoms with Gasteiger partial charge in [-0.05, 0) is 48.5 Å². The standard InChI is InChI=1S/C28H24N2O2/c1-31-25-17-13-23(14-18-25)29-27(21-9-5-3-6-10-21)28(22-11-7-4-8-12-22)30-24-15-19-26(32-2)20-16-24/h3-20H,1-2H3. The maximum Gasteiger partial charge on any atom is 0.119 e. The molecule has 0 N–H and O–H groups in total. The third-order valence-electron chi connectivity index (χ3n) is 4.95. The van der Waals surface area contributed by atoms with Crippen LogP contribution in [-0.2, 0) is 0 Å². The molecule has 0 unspecified atom stereocenters. The Kier molecular flexibility index (Phi) is 6.73. The molecule has 32 heavy (non-hydrogen) atoms. The summed E-state index contributed by atoms with van der Waals surface area (Å²) in [6.07, 6.45) is 0. The Bertz CT molecular complexity index is 1100. The molecule has 0 saturated heterocycles. The summed E-state index contributed by atoms with van der Waals surface area (Å²) in [6.45, 7) is 0. The lowest BCUT2D eigenvalue weighted by atomic mass is 9.99. The predicted molar refractivity (Wildman–Crippen MR) is 131 cm³/mol. The molecule has 0 aliphatic rings. The highest BCUT2D eigenvalue weighted by molar-refractivity contribution is 6.54. The van der Waals surface area contributed by atoms with Crippen LogP contribution in [-0.4, -0.2) is 25.6 Å². The SMILES string of the molecule is COc1ccc(N=C(C(=Nc2ccc(OC)cc2)c2ccccc2)c2ccccc2)cc1. The summed E-state index contributed by atoms with van der Waals surface area (Å²) < 4.78 is 10.6. The monoisotopic (exact) mass is 420 g/mol. The minimum absolute atomic E-state index is 0.790. The third-order valence-corrected chi connectivity index (χ3v) is 4.95. The Morgan fingerprint density at radius 1 is 0.469 bits per heavy atom. The fraction of sp³-hybridized carbons (Fsp3) is 0.0714. The zero-order valence-electron chi connectivity index (χ0n) is 18.1. The summed E-state index contributed by atoms with van der Waals surface area (Å²) in [7, 11) is 3.31. The second kappa shape index (κ2) is 10.2. The van der Waals surface area contributed by atoms with Gasteiger partial charge in [-0.15, -0.1) is 0 Å². The van der Waals surface area contributed by atoms with Gasteiger partial charge in [0.2, 0.25) is 0 Å². The van der Waals surface area contributed by atoms with Crippen LogP contribution in [0.4, 0.5) is 11.4 Å². The van der Waals surface area contributed by atoms with Gasteiger partial charge in [0.05, 0.1) is 37.0 Å². The van der Waals surface area contributed by atoms with Gasteiger partial charge in [-0.3, -0.25) is 0 Å². The van der Waals surface area contributed by atoms with E-state index in [1.807, 2.05) is 84.9 Å². The maximum atomic E-state index is 5.29. The van der Waals surface area contributed by atoms with Gasteiger partial charge < -0.3 is 9.47 Å². The van der Waals surface area contributed by atoms with Crippen molar-refractivity contribution in [3.05, 3.63) is 120 Å². The van der Waals surface area contributed by atoms with Crippen LogP contribution >= 0.6 is 0 Å². The zero-order chi connectivity index (χ0) is 22.2. The van der Waals surface area contributed by atoms with Crippen molar-refractivity contribution < 1.29 is 9.47 Å². The number of nitrogens with zero attached hydrogens (tertiary/aromatic N) is 2. The molecule has 0 atom stereocenters. The molecule has 4 rings (SSSR count). The van der Waals surface area contributed by atoms with Gasteiger partial charge in [-0.2, -0.15) is 0 Å². The van der Waals surface area contributed by atoms with E-state index < -0.39 is 0 Å². The molecule has 0 radical (unpaired) electrons. The Labute approximate surface area is 188 Å². The van der Waals surface area contributed by atoms with E-state index in [1.54, 1.807) is 14.2 Å². The van der Waals surface area contributed by atoms with Crippen LogP contribution in [0.25, 0.3) is 0 Å². The van der Waals surface area contributed by atoms with E-state index in [-0.39, 0.29) is 0 Å². The molecule has 158 valence electrons. The first kappa shape index (κ1) is 21.1. The highest BCUT2D eigenvalue weighted by atomic mass is 16.5. The molecule has 0 aromatic heterocycles. The molecule has 0 amide bonds. The number of methoxy groups -OCH3 is 2. The molecule has 0 bridgehead atoms. The van der Waals surface area contributed by atoms with Crippen LogP contribution in [0.15, 0.2) is 119 Å². The summed E-state index contributed by atoms with van der Waals surface area (Å²) in [5.41, 5.74) is 5.19. The van der Waals surface area contributed by atoms with Crippen LogP contribution < -0.4 is 9.47 Å². The van der Waals surface area contributed by atoms with Gasteiger partial charge in [0.25, 0.3) is 0 Å². The van der Waals surface area contributed by atoms with Gasteiger partial charge in [-0.1, -0.05) is 60.7 Å². The Balaban J connectivity index is 1.89. The first-order chi connectivity index (χ1) is 15.8. The van der Waals surface area contributed by atoms with Crippen LogP contribution in [0.3, 0.4) is 0 Å². The normalized spacial score (nSPS) is 11.8. The highest BCUT2D eigenvalue weighted by Crippen LogP contribution is 2.24. The van der Waals surface area contributed by atoms with E-state index in [4.69, 9.17) is 19.5 Å². The number of hydrogen-bond acceptors (Lipinski definition) is 4. The van der Waals surface area contributed by atoms with Gasteiger partial charge in [0.1, 0.15) is 11.5 Å². The Morgan fingerprint density at radius 2 is 0.812 bits per heavy atom. The number of benzene rings is 4. The smallest absolute Gasteiger partial charge is 0.119 e. The van der Waals surface area contributed by atoms with Gasteiger partial charge >= 0.3 is 0 Å². The number of aliphatic imine (C=N–C) groups is 2. The lowest BCUT2D eigenvalue weighted by Crippen LogP contribution is -2.17. The zero-order valence-corrected chi connectivity index (χ0v) is 18.1. The fourth-order valence-corrected chi connectivity index (χ4v) is 3.27. The summed E-state index contributed by atoms with van der Waals surface area (Å²) in [5.74, 6) is 1.58. The maximum absolute atomic E-state index is 5.29. The van der Waals surface area contributed by atoms with E-state index in [9.17, 15) is 0 Å². The molecule has 4 aromatic rings. The molecule has 0 heterocycles. The van der Waals surface area contributed by atoms with Crippen molar-refractivity contribution in [2.75, 3.05) is 14.2 Å². The fourth-order valence-electron chi connectivity index (χ4n) is 3.27. The summed E-state index contributed by atoms with van der Waals surface area (Å²) in [6, 6.07) is 35.6. The highest BCUT2D eigenvalue weighted by Gasteiger charge is 2.15. The van der Waals surface area contributed by atoms with Crippen molar-refractivity contribution in [3.8, 4) is 11.5 Å². The third kappa shape index (κ3) is 5.10. The van der Waals surface area contributed by atoms with Crippen LogP contribution in [0.1, 0.15) is 11.1 Å². The predicted octanol–water partition coefficient (Wildman–Crippen LogP) is 6.65. The van der Waals surface area contributed by atoms with Crippen LogP contribution in [0.2, 0.25) is 0 Å². The van der Waals surface area contributed by atoms with Crippen molar-refractivity contribution >= 4 is 22.8 Å². The van der Waals surface area contributed by atoms with Gasteiger partial charge in [0, 0.05) is 11.1 Å². The minimum Gasteiger partial charge on any atom is -0.497 e. The number of hydrogen-bond donors (Lipinski definition) is 0. The van der Waals surface area contributed by atoms with E-state index >= 15 is 0 Å². The van der Waals surface area contributed by atoms with E-state index in [0.29, 0.717) is 0 Å². The summed E-state index contributed by atoms with van der Waals surface area (Å²) >= 11 is 0. The molecule has 4 nitrogen and oxygen atoms in total. The van der Waals surface area contributed by atoms with Crippen molar-refractivity contribution in [2.45, 2.75) is 0 Å². The molecule has 0 saturated carbocycles. The van der Waals surface area contributed by atoms with E-state index in [2.05, 4.69) is 24.3 Å². The van der Waals surface area contributed by atoms with Crippen LogP contribution in [0.5, 0.6) is 11.5 Å². The summed E-state index contributed by atoms with van der Waals surface area (Å²) in [4.78, 5) is 10.0. The molecule has 4 aromatic carbocycles. The topological polar surface area (TPSA) is 43.2 Å².